The first-order chi connectivity index (χ1) is 17.4. The van der Waals surface area contributed by atoms with Gasteiger partial charge in [0.15, 0.2) is 0 Å². The van der Waals surface area contributed by atoms with Gasteiger partial charge in [0, 0.05) is 43.9 Å². The monoisotopic (exact) mass is 481 g/mol. The second kappa shape index (κ2) is 9.56. The minimum atomic E-state index is -0.237. The van der Waals surface area contributed by atoms with Gasteiger partial charge in [-0.3, -0.25) is 9.69 Å². The van der Waals surface area contributed by atoms with E-state index in [1.165, 1.54) is 6.07 Å². The summed E-state index contributed by atoms with van der Waals surface area (Å²) < 4.78 is 16.6. The molecule has 0 radical (unpaired) electrons. The number of aromatic nitrogens is 2. The summed E-state index contributed by atoms with van der Waals surface area (Å²) in [6.07, 6.45) is 0. The Kier molecular flexibility index (Phi) is 6.29. The number of piperazine rings is 1. The fourth-order valence-corrected chi connectivity index (χ4v) is 5.31. The van der Waals surface area contributed by atoms with Crippen molar-refractivity contribution >= 4 is 22.5 Å². The van der Waals surface area contributed by atoms with Crippen molar-refractivity contribution in [1.29, 1.82) is 0 Å². The van der Waals surface area contributed by atoms with Crippen LogP contribution in [0.4, 0.5) is 15.9 Å². The second-order valence-corrected chi connectivity index (χ2v) is 9.46. The van der Waals surface area contributed by atoms with Crippen molar-refractivity contribution in [2.24, 2.45) is 7.05 Å². The van der Waals surface area contributed by atoms with Gasteiger partial charge in [-0.25, -0.2) is 4.39 Å². The number of aryl methyl sites for hydroxylation is 1. The molecule has 1 aliphatic rings. The molecule has 36 heavy (non-hydrogen) atoms. The molecule has 0 saturated carbocycles. The van der Waals surface area contributed by atoms with Crippen LogP contribution in [-0.4, -0.2) is 39.6 Å². The third-order valence-corrected chi connectivity index (χ3v) is 7.16. The van der Waals surface area contributed by atoms with Gasteiger partial charge in [0.1, 0.15) is 5.82 Å². The van der Waals surface area contributed by atoms with Crippen LogP contribution in [-0.2, 0) is 7.05 Å². The predicted octanol–water partition coefficient (Wildman–Crippen LogP) is 5.31. The zero-order chi connectivity index (χ0) is 25.4. The first-order valence-corrected chi connectivity index (χ1v) is 12.1. The van der Waals surface area contributed by atoms with Crippen molar-refractivity contribution in [3.8, 4) is 0 Å². The van der Waals surface area contributed by atoms with Gasteiger partial charge >= 0.3 is 0 Å². The van der Waals surface area contributed by atoms with Crippen LogP contribution >= 0.6 is 0 Å². The van der Waals surface area contributed by atoms with Crippen molar-refractivity contribution in [3.63, 3.8) is 0 Å². The Balaban J connectivity index is 1.57. The Bertz CT molecular complexity index is 1510. The molecule has 0 N–H and O–H groups in total. The second-order valence-electron chi connectivity index (χ2n) is 9.46. The van der Waals surface area contributed by atoms with Gasteiger partial charge < -0.3 is 14.3 Å². The molecule has 2 aromatic carbocycles. The highest BCUT2D eigenvalue weighted by Gasteiger charge is 2.37. The lowest BCUT2D eigenvalue weighted by molar-refractivity contribution is 0.128. The first kappa shape index (κ1) is 23.7. The molecule has 0 spiro atoms. The number of halogens is 1. The smallest absolute Gasteiger partial charge is 0.270 e. The Labute approximate surface area is 210 Å². The van der Waals surface area contributed by atoms with Gasteiger partial charge in [-0.05, 0) is 37.6 Å². The summed E-state index contributed by atoms with van der Waals surface area (Å²) in [6.45, 7) is 12.9. The maximum atomic E-state index is 15.1. The molecule has 7 heteroatoms. The zero-order valence-corrected chi connectivity index (χ0v) is 20.6. The summed E-state index contributed by atoms with van der Waals surface area (Å²) >= 11 is 0. The molecule has 0 amide bonds. The molecule has 1 saturated heterocycles. The van der Waals surface area contributed by atoms with Gasteiger partial charge in [-0.2, -0.15) is 0 Å². The third-order valence-electron chi connectivity index (χ3n) is 7.16. The van der Waals surface area contributed by atoms with E-state index >= 15 is 4.39 Å². The minimum Gasteiger partial charge on any atom is -0.362 e. The van der Waals surface area contributed by atoms with E-state index in [0.29, 0.717) is 35.5 Å². The molecule has 2 aromatic heterocycles. The molecule has 0 aliphatic carbocycles. The SMILES string of the molecule is [C-]#[N+]c1ccc2c(n1)c(N1C[C@@H](C)N(C(c3ccccc3)c3ccccc3F)C[C@@H]1C)cc(=O)n2C. The largest absolute Gasteiger partial charge is 0.362 e. The van der Waals surface area contributed by atoms with Gasteiger partial charge in [0.05, 0.1) is 17.2 Å². The summed E-state index contributed by atoms with van der Waals surface area (Å²) in [5.74, 6) is 0.0764. The highest BCUT2D eigenvalue weighted by Crippen LogP contribution is 2.36. The summed E-state index contributed by atoms with van der Waals surface area (Å²) in [7, 11) is 1.72. The van der Waals surface area contributed by atoms with E-state index in [9.17, 15) is 4.79 Å². The van der Waals surface area contributed by atoms with Gasteiger partial charge in [0.25, 0.3) is 11.4 Å². The molecular weight excluding hydrogens is 453 g/mol. The molecule has 3 atom stereocenters. The number of fused-ring (bicyclic) bond motifs is 1. The highest BCUT2D eigenvalue weighted by molar-refractivity contribution is 5.89. The summed E-state index contributed by atoms with van der Waals surface area (Å²) in [5.41, 5.74) is 3.65. The Morgan fingerprint density at radius 2 is 1.72 bits per heavy atom. The van der Waals surface area contributed by atoms with E-state index in [-0.39, 0.29) is 29.5 Å². The lowest BCUT2D eigenvalue weighted by Gasteiger charge is -2.48. The number of pyridine rings is 2. The fraction of sp³-hybridized carbons (Fsp3) is 0.276. The molecule has 6 nitrogen and oxygen atoms in total. The summed E-state index contributed by atoms with van der Waals surface area (Å²) in [4.78, 5) is 25.4. The molecule has 1 fully saturated rings. The lowest BCUT2D eigenvalue weighted by atomic mass is 9.93. The molecule has 4 aromatic rings. The van der Waals surface area contributed by atoms with Crippen LogP contribution in [0, 0.1) is 12.4 Å². The maximum absolute atomic E-state index is 15.1. The minimum absolute atomic E-state index is 0.0212. The van der Waals surface area contributed by atoms with Crippen LogP contribution in [0.2, 0.25) is 0 Å². The molecule has 1 unspecified atom stereocenters. The van der Waals surface area contributed by atoms with E-state index in [2.05, 4.69) is 33.5 Å². The van der Waals surface area contributed by atoms with Crippen molar-refractivity contribution < 1.29 is 4.39 Å². The van der Waals surface area contributed by atoms with E-state index in [1.807, 2.05) is 42.5 Å². The molecule has 1 aliphatic heterocycles. The number of nitrogens with zero attached hydrogens (tertiary/aromatic N) is 5. The highest BCUT2D eigenvalue weighted by atomic mass is 19.1. The summed E-state index contributed by atoms with van der Waals surface area (Å²) in [5, 5.41) is 0. The Morgan fingerprint density at radius 1 is 1.00 bits per heavy atom. The van der Waals surface area contributed by atoms with E-state index in [0.717, 1.165) is 11.3 Å². The molecule has 5 rings (SSSR count). The number of anilines is 1. The molecular formula is C29H28FN5O. The van der Waals surface area contributed by atoms with E-state index < -0.39 is 0 Å². The maximum Gasteiger partial charge on any atom is 0.270 e. The Hall–Kier alpha value is -4.02. The van der Waals surface area contributed by atoms with Crippen molar-refractivity contribution in [1.82, 2.24) is 14.5 Å². The molecule has 3 heterocycles. The average molecular weight is 482 g/mol. The van der Waals surface area contributed by atoms with Crippen LogP contribution in [0.1, 0.15) is 31.0 Å². The number of rotatable bonds is 4. The predicted molar refractivity (Wildman–Crippen MR) is 141 cm³/mol. The van der Waals surface area contributed by atoms with Crippen molar-refractivity contribution in [2.75, 3.05) is 18.0 Å². The number of hydrogen-bond donors (Lipinski definition) is 0. The van der Waals surface area contributed by atoms with E-state index in [1.54, 1.807) is 35.9 Å². The van der Waals surface area contributed by atoms with Gasteiger partial charge in [-0.15, -0.1) is 4.98 Å². The van der Waals surface area contributed by atoms with Crippen LogP contribution in [0.25, 0.3) is 15.9 Å². The molecule has 0 bridgehead atoms. The van der Waals surface area contributed by atoms with Crippen LogP contribution in [0.5, 0.6) is 0 Å². The van der Waals surface area contributed by atoms with Crippen molar-refractivity contribution in [3.05, 3.63) is 112 Å². The third kappa shape index (κ3) is 4.14. The quantitative estimate of drug-likeness (QED) is 0.371. The zero-order valence-electron chi connectivity index (χ0n) is 20.6. The van der Waals surface area contributed by atoms with Gasteiger partial charge in [-0.1, -0.05) is 55.1 Å². The fourth-order valence-electron chi connectivity index (χ4n) is 5.31. The number of benzene rings is 2. The molecule has 182 valence electrons. The van der Waals surface area contributed by atoms with Crippen LogP contribution < -0.4 is 10.5 Å². The van der Waals surface area contributed by atoms with Crippen LogP contribution in [0.15, 0.2) is 77.6 Å². The average Bonchev–Trinajstić information content (AvgIpc) is 2.89. The van der Waals surface area contributed by atoms with Crippen LogP contribution in [0.3, 0.4) is 0 Å². The normalized spacial score (nSPS) is 19.2. The topological polar surface area (TPSA) is 45.7 Å². The van der Waals surface area contributed by atoms with E-state index in [4.69, 9.17) is 6.57 Å². The van der Waals surface area contributed by atoms with Gasteiger partial charge in [0.2, 0.25) is 5.52 Å². The standard InChI is InChI=1S/C29H28FN5O/c1-19-18-35(29(21-10-6-5-7-11-21)22-12-8-9-13-23(22)30)20(2)17-34(19)25-16-27(36)33(4)24-14-15-26(31-3)32-28(24)25/h5-16,19-20,29H,17-18H2,1-2,4H3/t19-,20+,29?/m0/s1. The first-order valence-electron chi connectivity index (χ1n) is 12.1. The Morgan fingerprint density at radius 3 is 2.44 bits per heavy atom. The summed E-state index contributed by atoms with van der Waals surface area (Å²) in [6, 6.07) is 21.9. The number of hydrogen-bond acceptors (Lipinski definition) is 4. The van der Waals surface area contributed by atoms with Crippen molar-refractivity contribution in [2.45, 2.75) is 32.0 Å². The lowest BCUT2D eigenvalue weighted by Crippen LogP contribution is -2.57.